The van der Waals surface area contributed by atoms with E-state index in [1.165, 1.54) is 11.6 Å². The lowest BCUT2D eigenvalue weighted by Gasteiger charge is -2.05. The number of carbonyl (C=O) groups excluding carboxylic acids is 2. The van der Waals surface area contributed by atoms with E-state index in [1.807, 2.05) is 0 Å². The van der Waals surface area contributed by atoms with Gasteiger partial charge in [-0.2, -0.15) is 10.1 Å². The number of aryl methyl sites for hydroxylation is 1. The van der Waals surface area contributed by atoms with Crippen LogP contribution in [0.2, 0.25) is 5.02 Å². The molecule has 2 heterocycles. The zero-order valence-electron chi connectivity index (χ0n) is 16.6. The normalized spacial score (nSPS) is 10.7. The molecule has 0 radical (unpaired) electrons. The second-order valence-corrected chi connectivity index (χ2v) is 6.91. The Balaban J connectivity index is 1.50. The molecule has 0 saturated carbocycles. The number of halogens is 1. The fourth-order valence-corrected chi connectivity index (χ4v) is 2.91. The summed E-state index contributed by atoms with van der Waals surface area (Å²) < 4.78 is 6.30. The lowest BCUT2D eigenvalue weighted by atomic mass is 10.2. The number of rotatable bonds is 8. The summed E-state index contributed by atoms with van der Waals surface area (Å²) in [6.45, 7) is 3.42. The van der Waals surface area contributed by atoms with Crippen LogP contribution in [-0.4, -0.2) is 49.7 Å². The van der Waals surface area contributed by atoms with Gasteiger partial charge in [-0.3, -0.25) is 24.4 Å². The van der Waals surface area contributed by atoms with Crippen molar-refractivity contribution in [3.05, 3.63) is 68.1 Å². The van der Waals surface area contributed by atoms with Gasteiger partial charge in [0.15, 0.2) is 5.82 Å². The third-order valence-corrected chi connectivity index (χ3v) is 4.53. The van der Waals surface area contributed by atoms with Crippen LogP contribution in [0.4, 0.5) is 5.69 Å². The number of nitro groups is 1. The van der Waals surface area contributed by atoms with Gasteiger partial charge in [0.1, 0.15) is 17.9 Å². The van der Waals surface area contributed by atoms with Crippen LogP contribution < -0.4 is 10.6 Å². The minimum absolute atomic E-state index is 0.00838. The smallest absolute Gasteiger partial charge is 0.316 e. The Kier molecular flexibility index (Phi) is 6.60. The van der Waals surface area contributed by atoms with Crippen LogP contribution in [0, 0.1) is 24.0 Å². The van der Waals surface area contributed by atoms with Gasteiger partial charge in [-0.15, -0.1) is 0 Å². The summed E-state index contributed by atoms with van der Waals surface area (Å²) in [5.74, 6) is -1.04. The highest BCUT2D eigenvalue weighted by molar-refractivity contribution is 6.30. The lowest BCUT2D eigenvalue weighted by molar-refractivity contribution is -0.386. The summed E-state index contributed by atoms with van der Waals surface area (Å²) in [5, 5.41) is 24.6. The van der Waals surface area contributed by atoms with E-state index in [9.17, 15) is 19.7 Å². The first-order chi connectivity index (χ1) is 14.8. The third kappa shape index (κ3) is 5.22. The molecule has 0 fully saturated rings. The number of carbonyl (C=O) groups is 2. The molecule has 0 spiro atoms. The van der Waals surface area contributed by atoms with Gasteiger partial charge in [-0.1, -0.05) is 16.8 Å². The number of amides is 2. The van der Waals surface area contributed by atoms with Crippen LogP contribution in [0.5, 0.6) is 0 Å². The average Bonchev–Trinajstić information content (AvgIpc) is 3.30. The van der Waals surface area contributed by atoms with Crippen molar-refractivity contribution in [2.24, 2.45) is 0 Å². The molecule has 2 amide bonds. The van der Waals surface area contributed by atoms with Crippen molar-refractivity contribution in [1.82, 2.24) is 30.6 Å². The van der Waals surface area contributed by atoms with E-state index in [0.29, 0.717) is 16.3 Å². The number of nitrogens with one attached hydrogen (secondary N) is 2. The quantitative estimate of drug-likeness (QED) is 0.299. The molecule has 1 aromatic carbocycles. The summed E-state index contributed by atoms with van der Waals surface area (Å²) in [7, 11) is 0. The fraction of sp³-hybridized carbons (Fsp3) is 0.278. The topological polar surface area (TPSA) is 158 Å². The lowest BCUT2D eigenvalue weighted by Crippen LogP contribution is -2.34. The molecule has 0 aliphatic rings. The summed E-state index contributed by atoms with van der Waals surface area (Å²) in [5.41, 5.74) is 0.975. The molecule has 3 rings (SSSR count). The Morgan fingerprint density at radius 2 is 1.81 bits per heavy atom. The molecule has 2 aromatic heterocycles. The van der Waals surface area contributed by atoms with Crippen molar-refractivity contribution in [2.75, 3.05) is 13.1 Å². The van der Waals surface area contributed by atoms with Crippen molar-refractivity contribution in [3.8, 4) is 0 Å². The van der Waals surface area contributed by atoms with Gasteiger partial charge < -0.3 is 15.2 Å². The minimum atomic E-state index is -0.612. The van der Waals surface area contributed by atoms with Crippen LogP contribution in [0.25, 0.3) is 0 Å². The monoisotopic (exact) mass is 447 g/mol. The molecule has 3 aromatic rings. The molecule has 2 N–H and O–H groups in total. The highest BCUT2D eigenvalue weighted by atomic mass is 35.5. The number of aromatic nitrogens is 4. The summed E-state index contributed by atoms with van der Waals surface area (Å²) in [4.78, 5) is 38.7. The Morgan fingerprint density at radius 1 is 1.16 bits per heavy atom. The Bertz CT molecular complexity index is 1120. The predicted octanol–water partition coefficient (Wildman–Crippen LogP) is 1.65. The van der Waals surface area contributed by atoms with Crippen LogP contribution in [0.1, 0.15) is 38.3 Å². The van der Waals surface area contributed by atoms with Gasteiger partial charge in [0, 0.05) is 23.7 Å². The van der Waals surface area contributed by atoms with Crippen LogP contribution >= 0.6 is 11.6 Å². The number of benzene rings is 1. The maximum absolute atomic E-state index is 12.1. The molecule has 12 nitrogen and oxygen atoms in total. The van der Waals surface area contributed by atoms with E-state index in [4.69, 9.17) is 16.1 Å². The largest absolute Gasteiger partial charge is 0.350 e. The molecular weight excluding hydrogens is 430 g/mol. The fourth-order valence-electron chi connectivity index (χ4n) is 2.78. The van der Waals surface area contributed by atoms with Crippen LogP contribution in [0.3, 0.4) is 0 Å². The van der Waals surface area contributed by atoms with E-state index in [0.717, 1.165) is 0 Å². The number of hydrogen-bond donors (Lipinski definition) is 2. The third-order valence-electron chi connectivity index (χ3n) is 4.28. The van der Waals surface area contributed by atoms with Crippen LogP contribution in [-0.2, 0) is 6.54 Å². The highest BCUT2D eigenvalue weighted by Crippen LogP contribution is 2.22. The first-order valence-electron chi connectivity index (χ1n) is 9.09. The van der Waals surface area contributed by atoms with Crippen molar-refractivity contribution in [1.29, 1.82) is 0 Å². The molecule has 0 saturated heterocycles. The zero-order chi connectivity index (χ0) is 22.5. The SMILES string of the molecule is Cc1nn(Cc2noc(C(=O)NCCNC(=O)c3ccc(Cl)cc3)n2)c(C)c1[N+](=O)[O-]. The Morgan fingerprint density at radius 3 is 2.42 bits per heavy atom. The first kappa shape index (κ1) is 21.9. The van der Waals surface area contributed by atoms with Crippen molar-refractivity contribution in [2.45, 2.75) is 20.4 Å². The van der Waals surface area contributed by atoms with Gasteiger partial charge in [-0.25, -0.2) is 0 Å². The maximum Gasteiger partial charge on any atom is 0.316 e. The highest BCUT2D eigenvalue weighted by Gasteiger charge is 2.23. The standard InChI is InChI=1S/C18H18ClN7O5/c1-10-15(26(29)30)11(2)25(23-10)9-14-22-18(31-24-14)17(28)21-8-7-20-16(27)12-3-5-13(19)6-4-12/h3-6H,7-9H2,1-2H3,(H,20,27)(H,21,28). The van der Waals surface area contributed by atoms with E-state index >= 15 is 0 Å². The summed E-state index contributed by atoms with van der Waals surface area (Å²) >= 11 is 5.78. The molecule has 31 heavy (non-hydrogen) atoms. The second-order valence-electron chi connectivity index (χ2n) is 6.47. The minimum Gasteiger partial charge on any atom is -0.350 e. The molecule has 0 unspecified atom stereocenters. The predicted molar refractivity (Wildman–Crippen MR) is 108 cm³/mol. The van der Waals surface area contributed by atoms with Crippen molar-refractivity contribution in [3.63, 3.8) is 0 Å². The molecule has 0 aliphatic carbocycles. The first-order valence-corrected chi connectivity index (χ1v) is 9.47. The molecule has 0 bridgehead atoms. The second kappa shape index (κ2) is 9.34. The number of hydrogen-bond acceptors (Lipinski definition) is 8. The Labute approximate surface area is 180 Å². The van der Waals surface area contributed by atoms with E-state index < -0.39 is 10.8 Å². The van der Waals surface area contributed by atoms with Gasteiger partial charge in [-0.05, 0) is 38.1 Å². The van der Waals surface area contributed by atoms with E-state index in [1.54, 1.807) is 31.2 Å². The van der Waals surface area contributed by atoms with Crippen molar-refractivity contribution >= 4 is 29.1 Å². The molecular formula is C18H18ClN7O5. The maximum atomic E-state index is 12.1. The van der Waals surface area contributed by atoms with Gasteiger partial charge in [0.25, 0.3) is 5.91 Å². The Hall–Kier alpha value is -3.80. The van der Waals surface area contributed by atoms with Crippen LogP contribution in [0.15, 0.2) is 28.8 Å². The zero-order valence-corrected chi connectivity index (χ0v) is 17.3. The molecule has 13 heteroatoms. The van der Waals surface area contributed by atoms with E-state index in [2.05, 4.69) is 25.9 Å². The van der Waals surface area contributed by atoms with Crippen molar-refractivity contribution < 1.29 is 19.0 Å². The van der Waals surface area contributed by atoms with Gasteiger partial charge >= 0.3 is 17.5 Å². The summed E-state index contributed by atoms with van der Waals surface area (Å²) in [6, 6.07) is 6.40. The van der Waals surface area contributed by atoms with Gasteiger partial charge in [0.05, 0.1) is 4.92 Å². The van der Waals surface area contributed by atoms with Gasteiger partial charge in [0.2, 0.25) is 0 Å². The molecule has 0 atom stereocenters. The average molecular weight is 448 g/mol. The summed E-state index contributed by atoms with van der Waals surface area (Å²) in [6.07, 6.45) is 0. The molecule has 162 valence electrons. The van der Waals surface area contributed by atoms with E-state index in [-0.39, 0.29) is 48.6 Å². The molecule has 0 aliphatic heterocycles. The number of nitrogens with zero attached hydrogens (tertiary/aromatic N) is 5.